The molecule has 0 spiro atoms. The molecular formula is C14H22N2O2. The molecule has 18 heavy (non-hydrogen) atoms. The van der Waals surface area contributed by atoms with Gasteiger partial charge in [-0.3, -0.25) is 4.79 Å². The molecular weight excluding hydrogens is 228 g/mol. The van der Waals surface area contributed by atoms with E-state index in [9.17, 15) is 9.90 Å². The Morgan fingerprint density at radius 3 is 2.39 bits per heavy atom. The number of hydrogen-bond donors (Lipinski definition) is 3. The van der Waals surface area contributed by atoms with Gasteiger partial charge in [-0.05, 0) is 18.4 Å². The quantitative estimate of drug-likeness (QED) is 0.729. The predicted octanol–water partition coefficient (Wildman–Crippen LogP) is 0.994. The van der Waals surface area contributed by atoms with Crippen LogP contribution in [0.1, 0.15) is 26.3 Å². The lowest BCUT2D eigenvalue weighted by atomic mass is 9.92. The first-order valence-electron chi connectivity index (χ1n) is 6.14. The number of hydrogen-bond acceptors (Lipinski definition) is 3. The number of benzene rings is 1. The summed E-state index contributed by atoms with van der Waals surface area (Å²) in [6, 6.07) is 8.81. The molecule has 0 fully saturated rings. The highest BCUT2D eigenvalue weighted by Crippen LogP contribution is 2.20. The average molecular weight is 250 g/mol. The molecule has 1 aromatic carbocycles. The summed E-state index contributed by atoms with van der Waals surface area (Å²) in [4.78, 5) is 12.0. The van der Waals surface area contributed by atoms with Gasteiger partial charge in [-0.1, -0.05) is 44.2 Å². The molecule has 0 heterocycles. The monoisotopic (exact) mass is 250 g/mol. The number of nitrogens with one attached hydrogen (secondary N) is 1. The van der Waals surface area contributed by atoms with Crippen molar-refractivity contribution in [3.63, 3.8) is 0 Å². The van der Waals surface area contributed by atoms with Crippen LogP contribution in [0.4, 0.5) is 0 Å². The van der Waals surface area contributed by atoms with Gasteiger partial charge in [-0.2, -0.15) is 0 Å². The van der Waals surface area contributed by atoms with Gasteiger partial charge in [0.15, 0.2) is 0 Å². The highest BCUT2D eigenvalue weighted by Gasteiger charge is 2.30. The van der Waals surface area contributed by atoms with Crippen LogP contribution in [0.5, 0.6) is 0 Å². The fraction of sp³-hybridized carbons (Fsp3) is 0.500. The largest absolute Gasteiger partial charge is 0.394 e. The number of carbonyl (C=O) groups is 1. The van der Waals surface area contributed by atoms with E-state index in [1.165, 1.54) is 0 Å². The molecule has 1 unspecified atom stereocenters. The summed E-state index contributed by atoms with van der Waals surface area (Å²) >= 11 is 0. The fourth-order valence-corrected chi connectivity index (χ4v) is 1.67. The van der Waals surface area contributed by atoms with Crippen molar-refractivity contribution in [2.75, 3.05) is 6.61 Å². The van der Waals surface area contributed by atoms with Crippen molar-refractivity contribution < 1.29 is 9.90 Å². The molecule has 4 N–H and O–H groups in total. The topological polar surface area (TPSA) is 75.4 Å². The first-order chi connectivity index (χ1) is 8.40. The lowest BCUT2D eigenvalue weighted by Gasteiger charge is -2.31. The minimum atomic E-state index is -0.801. The van der Waals surface area contributed by atoms with Crippen LogP contribution in [0, 0.1) is 5.92 Å². The molecule has 0 aliphatic rings. The Morgan fingerprint density at radius 1 is 1.39 bits per heavy atom. The summed E-state index contributed by atoms with van der Waals surface area (Å²) in [6.07, 6.45) is 0. The van der Waals surface area contributed by atoms with Crippen LogP contribution < -0.4 is 11.1 Å². The maximum Gasteiger partial charge on any atom is 0.237 e. The summed E-state index contributed by atoms with van der Waals surface area (Å²) < 4.78 is 0. The van der Waals surface area contributed by atoms with Crippen molar-refractivity contribution in [1.82, 2.24) is 5.32 Å². The highest BCUT2D eigenvalue weighted by molar-refractivity contribution is 5.82. The molecule has 0 aromatic heterocycles. The second kappa shape index (κ2) is 5.98. The van der Waals surface area contributed by atoms with Crippen LogP contribution in [0.15, 0.2) is 30.3 Å². The molecule has 1 aromatic rings. The molecule has 0 saturated carbocycles. The molecule has 1 amide bonds. The maximum atomic E-state index is 12.0. The summed E-state index contributed by atoms with van der Waals surface area (Å²) in [5.74, 6) is -0.186. The second-order valence-electron chi connectivity index (χ2n) is 5.12. The van der Waals surface area contributed by atoms with Crippen molar-refractivity contribution in [2.24, 2.45) is 11.7 Å². The molecule has 0 aliphatic carbocycles. The minimum Gasteiger partial charge on any atom is -0.394 e. The van der Waals surface area contributed by atoms with Crippen molar-refractivity contribution in [2.45, 2.75) is 32.4 Å². The van der Waals surface area contributed by atoms with Crippen LogP contribution in [-0.4, -0.2) is 23.7 Å². The summed E-state index contributed by atoms with van der Waals surface area (Å²) in [6.45, 7) is 5.40. The zero-order valence-electron chi connectivity index (χ0n) is 11.2. The van der Waals surface area contributed by atoms with Crippen molar-refractivity contribution in [3.05, 3.63) is 35.9 Å². The molecule has 0 bridgehead atoms. The van der Waals surface area contributed by atoms with Gasteiger partial charge in [-0.15, -0.1) is 0 Å². The van der Waals surface area contributed by atoms with E-state index in [1.54, 1.807) is 6.92 Å². The van der Waals surface area contributed by atoms with Gasteiger partial charge < -0.3 is 16.2 Å². The van der Waals surface area contributed by atoms with Gasteiger partial charge >= 0.3 is 0 Å². The molecule has 0 aliphatic heterocycles. The van der Waals surface area contributed by atoms with Crippen LogP contribution >= 0.6 is 0 Å². The average Bonchev–Trinajstić information content (AvgIpc) is 2.38. The van der Waals surface area contributed by atoms with Gasteiger partial charge in [0.2, 0.25) is 5.91 Å². The number of amides is 1. The van der Waals surface area contributed by atoms with E-state index in [0.717, 1.165) is 5.56 Å². The van der Waals surface area contributed by atoms with Crippen molar-refractivity contribution in [3.8, 4) is 0 Å². The van der Waals surface area contributed by atoms with E-state index in [-0.39, 0.29) is 18.4 Å². The Hall–Kier alpha value is -1.39. The van der Waals surface area contributed by atoms with Crippen LogP contribution in [0.2, 0.25) is 0 Å². The molecule has 4 heteroatoms. The molecule has 4 nitrogen and oxygen atoms in total. The lowest BCUT2D eigenvalue weighted by Crippen LogP contribution is -2.53. The normalized spacial score (nSPS) is 16.1. The number of rotatable bonds is 5. The van der Waals surface area contributed by atoms with E-state index in [4.69, 9.17) is 5.73 Å². The number of aliphatic hydroxyl groups excluding tert-OH is 1. The third-order valence-corrected chi connectivity index (χ3v) is 3.15. The van der Waals surface area contributed by atoms with E-state index < -0.39 is 11.6 Å². The van der Waals surface area contributed by atoms with Crippen LogP contribution in [-0.2, 0) is 10.3 Å². The van der Waals surface area contributed by atoms with E-state index in [2.05, 4.69) is 5.32 Å². The minimum absolute atomic E-state index is 0.0590. The molecule has 100 valence electrons. The predicted molar refractivity (Wildman–Crippen MR) is 71.8 cm³/mol. The Balaban J connectivity index is 2.87. The highest BCUT2D eigenvalue weighted by atomic mass is 16.3. The van der Waals surface area contributed by atoms with Crippen molar-refractivity contribution in [1.29, 1.82) is 0 Å². The van der Waals surface area contributed by atoms with Crippen LogP contribution in [0.3, 0.4) is 0 Å². The molecule has 2 atom stereocenters. The smallest absolute Gasteiger partial charge is 0.237 e. The first-order valence-corrected chi connectivity index (χ1v) is 6.14. The Morgan fingerprint density at radius 2 is 1.94 bits per heavy atom. The van der Waals surface area contributed by atoms with Gasteiger partial charge in [0.05, 0.1) is 18.2 Å². The van der Waals surface area contributed by atoms with E-state index in [0.29, 0.717) is 0 Å². The maximum absolute atomic E-state index is 12.0. The zero-order chi connectivity index (χ0) is 13.8. The number of carbonyl (C=O) groups excluding carboxylic acids is 1. The van der Waals surface area contributed by atoms with Gasteiger partial charge in [-0.25, -0.2) is 0 Å². The third-order valence-electron chi connectivity index (χ3n) is 3.15. The number of aliphatic hydroxyl groups is 1. The standard InChI is InChI=1S/C14H22N2O2/c1-10(2)12(15)13(18)16-14(3,9-17)11-7-5-4-6-8-11/h4-8,10,12,17H,9,15H2,1-3H3,(H,16,18)/t12-,14?/m0/s1. The van der Waals surface area contributed by atoms with Gasteiger partial charge in [0.25, 0.3) is 0 Å². The van der Waals surface area contributed by atoms with Gasteiger partial charge in [0, 0.05) is 0 Å². The summed E-state index contributed by atoms with van der Waals surface area (Å²) in [5.41, 5.74) is 5.86. The second-order valence-corrected chi connectivity index (χ2v) is 5.12. The fourth-order valence-electron chi connectivity index (χ4n) is 1.67. The Bertz CT molecular complexity index is 392. The zero-order valence-corrected chi connectivity index (χ0v) is 11.2. The molecule has 0 saturated heterocycles. The van der Waals surface area contributed by atoms with Crippen LogP contribution in [0.25, 0.3) is 0 Å². The van der Waals surface area contributed by atoms with Crippen molar-refractivity contribution >= 4 is 5.91 Å². The van der Waals surface area contributed by atoms with Gasteiger partial charge in [0.1, 0.15) is 0 Å². The molecule has 0 radical (unpaired) electrons. The SMILES string of the molecule is CC(C)[C@H](N)C(=O)NC(C)(CO)c1ccccc1. The molecule has 1 rings (SSSR count). The van der Waals surface area contributed by atoms with E-state index in [1.807, 2.05) is 44.2 Å². The first kappa shape index (κ1) is 14.7. The Kier molecular flexibility index (Phi) is 4.87. The number of nitrogens with two attached hydrogens (primary N) is 1. The summed E-state index contributed by atoms with van der Waals surface area (Å²) in [5, 5.41) is 12.4. The Labute approximate surface area is 108 Å². The summed E-state index contributed by atoms with van der Waals surface area (Å²) in [7, 11) is 0. The van der Waals surface area contributed by atoms with E-state index >= 15 is 0 Å². The lowest BCUT2D eigenvalue weighted by molar-refractivity contribution is -0.125. The third kappa shape index (κ3) is 3.31.